The van der Waals surface area contributed by atoms with Gasteiger partial charge in [0.15, 0.2) is 10.8 Å². The minimum atomic E-state index is -4.95. The van der Waals surface area contributed by atoms with Crippen molar-refractivity contribution in [3.8, 4) is 0 Å². The van der Waals surface area contributed by atoms with Crippen molar-refractivity contribution in [3.05, 3.63) is 11.1 Å². The predicted octanol–water partition coefficient (Wildman–Crippen LogP) is -4.15. The first kappa shape index (κ1) is 28.2. The van der Waals surface area contributed by atoms with Crippen molar-refractivity contribution >= 4 is 67.8 Å². The zero-order chi connectivity index (χ0) is 23.3. The van der Waals surface area contributed by atoms with Crippen molar-refractivity contribution in [3.63, 3.8) is 0 Å². The van der Waals surface area contributed by atoms with Gasteiger partial charge in [0.2, 0.25) is 5.91 Å². The number of hydrogen-bond donors (Lipinski definition) is 3. The third kappa shape index (κ3) is 6.84. The van der Waals surface area contributed by atoms with Crippen LogP contribution in [0, 0.1) is 0 Å². The Bertz CT molecular complexity index is 1040. The van der Waals surface area contributed by atoms with Crippen LogP contribution in [-0.2, 0) is 39.1 Å². The number of hydrogen-bond acceptors (Lipinski definition) is 11. The zero-order valence-corrected chi connectivity index (χ0v) is 21.3. The van der Waals surface area contributed by atoms with Crippen molar-refractivity contribution in [1.82, 2.24) is 14.6 Å². The molecule has 1 fully saturated rings. The Morgan fingerprint density at radius 1 is 1.44 bits per heavy atom. The van der Waals surface area contributed by atoms with E-state index in [-0.39, 0.29) is 52.0 Å². The fourth-order valence-corrected chi connectivity index (χ4v) is 4.07. The number of β-lactam (4-membered cyclic amide) rings is 1. The molecule has 0 bridgehead atoms. The van der Waals surface area contributed by atoms with Crippen LogP contribution in [0.4, 0.5) is 5.13 Å². The molecule has 2 rings (SSSR count). The molecular weight excluding hydrogens is 505 g/mol. The maximum Gasteiger partial charge on any atom is 1.00 e. The quantitative estimate of drug-likeness (QED) is 0.0546. The van der Waals surface area contributed by atoms with Crippen LogP contribution in [0.3, 0.4) is 0 Å². The zero-order valence-electron chi connectivity index (χ0n) is 17.9. The largest absolute Gasteiger partial charge is 1.00 e. The maximum absolute atomic E-state index is 12.7. The summed E-state index contributed by atoms with van der Waals surface area (Å²) in [6, 6.07) is -2.84. The van der Waals surface area contributed by atoms with Crippen molar-refractivity contribution in [2.45, 2.75) is 19.0 Å². The fourth-order valence-electron chi connectivity index (χ4n) is 2.43. The Morgan fingerprint density at radius 3 is 2.62 bits per heavy atom. The molecule has 32 heavy (non-hydrogen) atoms. The standard InChI is InChI=1S/C14H16ClN5O9S2.Na.H/c1-6(21)29-4-8-11(13(24)20(8)31(25,26)27)18-12(23)10(19-28-2)7-5-30-14(16-7)17-9(22)3-15;;/h5,8,11H,3-4H2,1-2H3,(H,18,23)(H,16,17,22)(H,25,26,27);;/q;+1;-1/b19-10-;;. The van der Waals surface area contributed by atoms with E-state index in [1.54, 1.807) is 0 Å². The number of esters is 1. The molecule has 18 heteroatoms. The molecule has 0 aliphatic carbocycles. The van der Waals surface area contributed by atoms with Crippen LogP contribution in [0.5, 0.6) is 0 Å². The molecule has 2 atom stereocenters. The number of ether oxygens (including phenoxy) is 1. The summed E-state index contributed by atoms with van der Waals surface area (Å²) in [6.07, 6.45) is 0. The first-order chi connectivity index (χ1) is 14.5. The number of anilines is 1. The molecule has 0 aromatic carbocycles. The van der Waals surface area contributed by atoms with Gasteiger partial charge in [-0.05, 0) is 0 Å². The average Bonchev–Trinajstić information content (AvgIpc) is 3.13. The van der Waals surface area contributed by atoms with Crippen LogP contribution in [0.15, 0.2) is 10.5 Å². The Kier molecular flexibility index (Phi) is 10.5. The van der Waals surface area contributed by atoms with Gasteiger partial charge in [-0.3, -0.25) is 23.7 Å². The minimum Gasteiger partial charge on any atom is -1.00 e. The van der Waals surface area contributed by atoms with Gasteiger partial charge in [-0.25, -0.2) is 9.29 Å². The van der Waals surface area contributed by atoms with E-state index < -0.39 is 58.4 Å². The molecule has 2 unspecified atom stereocenters. The Hall–Kier alpha value is -1.82. The van der Waals surface area contributed by atoms with E-state index in [0.717, 1.165) is 25.4 Å². The van der Waals surface area contributed by atoms with Crippen molar-refractivity contribution < 1.29 is 72.7 Å². The number of halogens is 1. The summed E-state index contributed by atoms with van der Waals surface area (Å²) in [6.45, 7) is 0.450. The molecule has 2 heterocycles. The molecule has 0 saturated carbocycles. The average molecular weight is 522 g/mol. The topological polar surface area (TPSA) is 194 Å². The number of nitrogens with zero attached hydrogens (tertiary/aromatic N) is 3. The monoisotopic (exact) mass is 521 g/mol. The SMILES string of the molecule is CO/N=C(\C(=O)NC1C(=O)N(S(=O)(=O)O)C1COC(C)=O)c1csc(NC(=O)CCl)n1.[H-].[Na+]. The number of alkyl halides is 1. The van der Waals surface area contributed by atoms with Crippen LogP contribution in [-0.4, -0.2) is 83.3 Å². The Labute approximate surface area is 214 Å². The second-order valence-corrected chi connectivity index (χ2v) is 8.19. The van der Waals surface area contributed by atoms with Crippen molar-refractivity contribution in [2.24, 2.45) is 5.16 Å². The number of aromatic nitrogens is 1. The van der Waals surface area contributed by atoms with Crippen LogP contribution in [0.1, 0.15) is 14.0 Å². The van der Waals surface area contributed by atoms with Gasteiger partial charge in [-0.1, -0.05) is 5.16 Å². The van der Waals surface area contributed by atoms with Crippen LogP contribution >= 0.6 is 22.9 Å². The fraction of sp³-hybridized carbons (Fsp3) is 0.429. The van der Waals surface area contributed by atoms with Crippen LogP contribution < -0.4 is 40.2 Å². The summed E-state index contributed by atoms with van der Waals surface area (Å²) in [5.41, 5.74) is -0.418. The summed E-state index contributed by atoms with van der Waals surface area (Å²) in [7, 11) is -3.80. The molecule has 1 aliphatic rings. The molecule has 3 amide bonds. The van der Waals surface area contributed by atoms with Gasteiger partial charge in [-0.15, -0.1) is 22.9 Å². The van der Waals surface area contributed by atoms with E-state index in [9.17, 15) is 32.1 Å². The minimum absolute atomic E-state index is 0. The summed E-state index contributed by atoms with van der Waals surface area (Å²) in [5, 5.41) is 9.64. The molecule has 172 valence electrons. The van der Waals surface area contributed by atoms with Crippen molar-refractivity contribution in [2.75, 3.05) is 24.9 Å². The number of amides is 3. The number of carbonyl (C=O) groups is 4. The second kappa shape index (κ2) is 11.9. The second-order valence-electron chi connectivity index (χ2n) is 5.78. The summed E-state index contributed by atoms with van der Waals surface area (Å²) >= 11 is 6.35. The first-order valence-corrected chi connectivity index (χ1v) is 11.0. The van der Waals surface area contributed by atoms with Crippen LogP contribution in [0.2, 0.25) is 0 Å². The molecule has 1 saturated heterocycles. The van der Waals surface area contributed by atoms with Gasteiger partial charge < -0.3 is 21.6 Å². The van der Waals surface area contributed by atoms with E-state index >= 15 is 0 Å². The van der Waals surface area contributed by atoms with E-state index in [2.05, 4.69) is 25.6 Å². The third-order valence-electron chi connectivity index (χ3n) is 3.67. The smallest absolute Gasteiger partial charge is 1.00 e. The molecule has 1 aliphatic heterocycles. The molecule has 0 spiro atoms. The molecular formula is C14H17ClN5NaO9S2. The van der Waals surface area contributed by atoms with Crippen molar-refractivity contribution in [1.29, 1.82) is 0 Å². The molecule has 1 aromatic rings. The van der Waals surface area contributed by atoms with Gasteiger partial charge in [0.25, 0.3) is 11.8 Å². The number of oxime groups is 1. The molecule has 3 N–H and O–H groups in total. The number of carbonyl (C=O) groups excluding carboxylic acids is 4. The molecule has 14 nitrogen and oxygen atoms in total. The van der Waals surface area contributed by atoms with Crippen LogP contribution in [0.25, 0.3) is 0 Å². The molecule has 0 radical (unpaired) electrons. The predicted molar refractivity (Wildman–Crippen MR) is 107 cm³/mol. The molecule has 1 aromatic heterocycles. The van der Waals surface area contributed by atoms with Gasteiger partial charge in [-0.2, -0.15) is 8.42 Å². The van der Waals surface area contributed by atoms with E-state index in [0.29, 0.717) is 0 Å². The van der Waals surface area contributed by atoms with Gasteiger partial charge in [0.05, 0.1) is 0 Å². The normalized spacial score (nSPS) is 18.2. The number of rotatable bonds is 9. The first-order valence-electron chi connectivity index (χ1n) is 8.17. The van der Waals surface area contributed by atoms with E-state index in [1.807, 2.05) is 0 Å². The summed E-state index contributed by atoms with van der Waals surface area (Å²) in [5.74, 6) is -3.75. The van der Waals surface area contributed by atoms with E-state index in [1.165, 1.54) is 5.38 Å². The Balaban J connectivity index is 0.00000512. The van der Waals surface area contributed by atoms with Gasteiger partial charge in [0, 0.05) is 12.3 Å². The summed E-state index contributed by atoms with van der Waals surface area (Å²) < 4.78 is 36.8. The van der Waals surface area contributed by atoms with Gasteiger partial charge >= 0.3 is 45.8 Å². The Morgan fingerprint density at radius 2 is 2.09 bits per heavy atom. The maximum atomic E-state index is 12.7. The summed E-state index contributed by atoms with van der Waals surface area (Å²) in [4.78, 5) is 55.8. The van der Waals surface area contributed by atoms with Gasteiger partial charge in [0.1, 0.15) is 37.4 Å². The number of nitrogens with one attached hydrogen (secondary N) is 2. The van der Waals surface area contributed by atoms with E-state index in [4.69, 9.17) is 16.3 Å². The third-order valence-corrected chi connectivity index (χ3v) is 5.62. The number of thiazole rings is 1.